The molecule has 0 aliphatic carbocycles. The second kappa shape index (κ2) is 11.1. The molecule has 0 unspecified atom stereocenters. The minimum atomic E-state index is -0.832. The average Bonchev–Trinajstić information content (AvgIpc) is 3.34. The predicted octanol–water partition coefficient (Wildman–Crippen LogP) is 5.08. The van der Waals surface area contributed by atoms with Crippen LogP contribution in [0.5, 0.6) is 0 Å². The van der Waals surface area contributed by atoms with Gasteiger partial charge >= 0.3 is 5.97 Å². The molecular formula is C28H29N3O4. The number of likely N-dealkylation sites (N-methyl/N-ethyl adjacent to an activating group) is 1. The van der Waals surface area contributed by atoms with Crippen molar-refractivity contribution in [1.82, 2.24) is 15.0 Å². The lowest BCUT2D eigenvalue weighted by molar-refractivity contribution is -0.137. The first-order valence-corrected chi connectivity index (χ1v) is 11.5. The third-order valence-corrected chi connectivity index (χ3v) is 5.89. The smallest absolute Gasteiger partial charge is 0.317 e. The largest absolute Gasteiger partial charge is 0.480 e. The summed E-state index contributed by atoms with van der Waals surface area (Å²) in [6.07, 6.45) is 0.725. The highest BCUT2D eigenvalue weighted by Crippen LogP contribution is 2.31. The molecule has 0 aliphatic rings. The van der Waals surface area contributed by atoms with Crippen LogP contribution < -0.4 is 0 Å². The number of methoxy groups -OCH3 is 1. The maximum Gasteiger partial charge on any atom is 0.317 e. The lowest BCUT2D eigenvalue weighted by Crippen LogP contribution is -2.27. The lowest BCUT2D eigenvalue weighted by atomic mass is 9.94. The number of aliphatic carboxylic acids is 1. The zero-order valence-corrected chi connectivity index (χ0v) is 20.2. The van der Waals surface area contributed by atoms with E-state index in [0.29, 0.717) is 24.9 Å². The van der Waals surface area contributed by atoms with E-state index in [1.54, 1.807) is 19.1 Å². The van der Waals surface area contributed by atoms with Crippen LogP contribution in [0.15, 0.2) is 71.3 Å². The van der Waals surface area contributed by atoms with Gasteiger partial charge in [0, 0.05) is 24.8 Å². The molecule has 0 saturated carbocycles. The summed E-state index contributed by atoms with van der Waals surface area (Å²) in [6, 6.07) is 22.3. The zero-order chi connectivity index (χ0) is 24.8. The number of ether oxygens (including phenoxy) is 1. The molecule has 7 nitrogen and oxygen atoms in total. The molecule has 0 saturated heterocycles. The van der Waals surface area contributed by atoms with E-state index in [2.05, 4.69) is 35.3 Å². The van der Waals surface area contributed by atoms with Crippen molar-refractivity contribution in [2.75, 3.05) is 27.2 Å². The van der Waals surface area contributed by atoms with Gasteiger partial charge in [-0.15, -0.1) is 0 Å². The Bertz CT molecular complexity index is 1320. The van der Waals surface area contributed by atoms with Crippen LogP contribution in [0.1, 0.15) is 16.7 Å². The maximum absolute atomic E-state index is 10.9. The van der Waals surface area contributed by atoms with Gasteiger partial charge in [-0.3, -0.25) is 9.69 Å². The molecule has 0 atom stereocenters. The molecule has 0 spiro atoms. The third kappa shape index (κ3) is 6.01. The third-order valence-electron chi connectivity index (χ3n) is 5.89. The summed E-state index contributed by atoms with van der Waals surface area (Å²) in [4.78, 5) is 17.3. The normalized spacial score (nSPS) is 11.2. The van der Waals surface area contributed by atoms with Crippen molar-refractivity contribution in [2.24, 2.45) is 0 Å². The summed E-state index contributed by atoms with van der Waals surface area (Å²) in [5.41, 5.74) is 7.30. The van der Waals surface area contributed by atoms with Gasteiger partial charge in [0.05, 0.1) is 13.2 Å². The topological polar surface area (TPSA) is 88.7 Å². The summed E-state index contributed by atoms with van der Waals surface area (Å²) in [5.74, 6) is 0.124. The summed E-state index contributed by atoms with van der Waals surface area (Å²) < 4.78 is 11.1. The van der Waals surface area contributed by atoms with Crippen LogP contribution in [-0.2, 0) is 22.6 Å². The van der Waals surface area contributed by atoms with Gasteiger partial charge in [-0.2, -0.15) is 4.98 Å². The summed E-state index contributed by atoms with van der Waals surface area (Å²) in [6.45, 7) is 3.23. The molecule has 3 aromatic carbocycles. The van der Waals surface area contributed by atoms with Crippen LogP contribution in [0.25, 0.3) is 34.0 Å². The molecule has 0 fully saturated rings. The van der Waals surface area contributed by atoms with E-state index in [0.717, 1.165) is 34.2 Å². The predicted molar refractivity (Wildman–Crippen MR) is 135 cm³/mol. The molecule has 180 valence electrons. The highest BCUT2D eigenvalue weighted by Gasteiger charge is 2.15. The first-order valence-electron chi connectivity index (χ1n) is 11.5. The highest BCUT2D eigenvalue weighted by molar-refractivity contribution is 5.74. The maximum atomic E-state index is 10.9. The van der Waals surface area contributed by atoms with Gasteiger partial charge < -0.3 is 14.4 Å². The Balaban J connectivity index is 1.56. The Labute approximate surface area is 205 Å². The summed E-state index contributed by atoms with van der Waals surface area (Å²) in [5, 5.41) is 13.1. The van der Waals surface area contributed by atoms with Crippen LogP contribution in [0, 0.1) is 6.92 Å². The number of hydrogen-bond donors (Lipinski definition) is 1. The quantitative estimate of drug-likeness (QED) is 0.345. The molecule has 1 heterocycles. The fourth-order valence-electron chi connectivity index (χ4n) is 4.09. The Morgan fingerprint density at radius 3 is 2.63 bits per heavy atom. The molecule has 0 amide bonds. The van der Waals surface area contributed by atoms with Crippen LogP contribution in [0.4, 0.5) is 0 Å². The number of carboxylic acids is 1. The first kappa shape index (κ1) is 24.3. The van der Waals surface area contributed by atoms with Crippen molar-refractivity contribution in [3.05, 3.63) is 83.4 Å². The van der Waals surface area contributed by atoms with Crippen molar-refractivity contribution in [2.45, 2.75) is 20.0 Å². The van der Waals surface area contributed by atoms with E-state index < -0.39 is 5.97 Å². The number of carboxylic acid groups (broad SMARTS) is 1. The van der Waals surface area contributed by atoms with Gasteiger partial charge in [0.1, 0.15) is 0 Å². The van der Waals surface area contributed by atoms with E-state index in [1.165, 1.54) is 11.1 Å². The zero-order valence-electron chi connectivity index (χ0n) is 20.2. The van der Waals surface area contributed by atoms with Gasteiger partial charge in [-0.25, -0.2) is 0 Å². The lowest BCUT2D eigenvalue weighted by Gasteiger charge is -2.13. The number of benzene rings is 3. The SMILES string of the molecule is COCc1cc(-c2nc(-c3cccc(CCN(C)CC(=O)O)c3)no2)ccc1-c1ccccc1C. The Morgan fingerprint density at radius 1 is 1.03 bits per heavy atom. The minimum Gasteiger partial charge on any atom is -0.480 e. The number of nitrogens with zero attached hydrogens (tertiary/aromatic N) is 3. The molecule has 1 N–H and O–H groups in total. The summed E-state index contributed by atoms with van der Waals surface area (Å²) in [7, 11) is 3.48. The minimum absolute atomic E-state index is 0.0155. The standard InChI is InChI=1S/C28H29N3O4/c1-19-7-4-5-10-24(19)25-12-11-22(16-23(25)18-34-3)28-29-27(30-35-28)21-9-6-8-20(15-21)13-14-31(2)17-26(32)33/h4-12,15-16H,13-14,17-18H2,1-3H3,(H,32,33). The molecule has 0 bridgehead atoms. The Morgan fingerprint density at radius 2 is 1.86 bits per heavy atom. The summed E-state index contributed by atoms with van der Waals surface area (Å²) >= 11 is 0. The molecule has 7 heteroatoms. The Hall–Kier alpha value is -3.81. The van der Waals surface area contributed by atoms with Crippen molar-refractivity contribution >= 4 is 5.97 Å². The van der Waals surface area contributed by atoms with Crippen molar-refractivity contribution in [3.63, 3.8) is 0 Å². The molecular weight excluding hydrogens is 442 g/mol. The fourth-order valence-corrected chi connectivity index (χ4v) is 4.09. The van der Waals surface area contributed by atoms with Crippen LogP contribution in [0.2, 0.25) is 0 Å². The fraction of sp³-hybridized carbons (Fsp3) is 0.250. The number of aromatic nitrogens is 2. The van der Waals surface area contributed by atoms with E-state index in [4.69, 9.17) is 14.4 Å². The monoisotopic (exact) mass is 471 g/mol. The van der Waals surface area contributed by atoms with Gasteiger partial charge in [0.25, 0.3) is 5.89 Å². The molecule has 35 heavy (non-hydrogen) atoms. The van der Waals surface area contributed by atoms with E-state index in [-0.39, 0.29) is 6.54 Å². The number of carbonyl (C=O) groups is 1. The van der Waals surface area contributed by atoms with Crippen molar-refractivity contribution < 1.29 is 19.2 Å². The molecule has 4 aromatic rings. The van der Waals surface area contributed by atoms with E-state index >= 15 is 0 Å². The van der Waals surface area contributed by atoms with Crippen molar-refractivity contribution in [1.29, 1.82) is 0 Å². The van der Waals surface area contributed by atoms with Crippen LogP contribution >= 0.6 is 0 Å². The first-order chi connectivity index (χ1) is 16.9. The van der Waals surface area contributed by atoms with E-state index in [9.17, 15) is 4.79 Å². The highest BCUT2D eigenvalue weighted by atomic mass is 16.5. The second-order valence-electron chi connectivity index (χ2n) is 8.62. The van der Waals surface area contributed by atoms with Gasteiger partial charge in [0.2, 0.25) is 5.82 Å². The number of hydrogen-bond acceptors (Lipinski definition) is 6. The Kier molecular flexibility index (Phi) is 7.70. The number of rotatable bonds is 10. The molecule has 0 aliphatic heterocycles. The van der Waals surface area contributed by atoms with Gasteiger partial charge in [-0.1, -0.05) is 53.7 Å². The van der Waals surface area contributed by atoms with Crippen LogP contribution in [0.3, 0.4) is 0 Å². The number of aryl methyl sites for hydroxylation is 1. The molecule has 4 rings (SSSR count). The average molecular weight is 472 g/mol. The second-order valence-corrected chi connectivity index (χ2v) is 8.62. The van der Waals surface area contributed by atoms with Crippen LogP contribution in [-0.4, -0.2) is 53.4 Å². The van der Waals surface area contributed by atoms with Gasteiger partial charge in [-0.05, 0) is 66.4 Å². The van der Waals surface area contributed by atoms with Gasteiger partial charge in [0.15, 0.2) is 0 Å². The molecule has 1 aromatic heterocycles. The van der Waals surface area contributed by atoms with E-state index in [1.807, 2.05) is 48.5 Å². The molecule has 0 radical (unpaired) electrons. The van der Waals surface area contributed by atoms with Crippen molar-refractivity contribution in [3.8, 4) is 34.0 Å².